The number of aliphatic carboxylic acids is 1. The van der Waals surface area contributed by atoms with Gasteiger partial charge in [-0.15, -0.1) is 0 Å². The molecule has 21 nitrogen and oxygen atoms in total. The summed E-state index contributed by atoms with van der Waals surface area (Å²) in [5.74, 6) is -5.47. The van der Waals surface area contributed by atoms with Crippen LogP contribution in [0.4, 0.5) is 0 Å². The van der Waals surface area contributed by atoms with E-state index < -0.39 is 117 Å². The van der Waals surface area contributed by atoms with Gasteiger partial charge in [0.05, 0.1) is 5.56 Å². The number of aliphatic hydroxyl groups is 6. The van der Waals surface area contributed by atoms with E-state index in [9.17, 15) is 65.4 Å². The van der Waals surface area contributed by atoms with E-state index in [0.29, 0.717) is 11.1 Å². The summed E-state index contributed by atoms with van der Waals surface area (Å²) in [6.45, 7) is -1.41. The van der Waals surface area contributed by atoms with Crippen molar-refractivity contribution in [2.24, 2.45) is 0 Å². The Kier molecular flexibility index (Phi) is 13.3. The molecule has 6 rings (SSSR count). The monoisotopic (exact) mass is 844 g/mol. The molecular weight excluding hydrogens is 804 g/mol. The van der Waals surface area contributed by atoms with Crippen molar-refractivity contribution in [3.8, 4) is 34.5 Å². The standard InChI is InChI=1S/C39H40O21/c40-18-5-3-17(4-6-18)37-25(58-39-36(53)34(51)31(48)26(60-39)14-54-29(46)8-2-16-1-7-21(42)22(43)9-16)12-20-23(56-37)10-19(41)11-24(20)57-38-35(52)33(50)32(49)27(59-38)15-55-30(47)13-28(44)45/h1-12,26-27,31-43,48-53H,13-15H2,(H,44,45)/b8-2+/t26-,27-,31-,32-,33+,34-,35-,36+,37?,38-,39-/m1/s1. The third-order valence-electron chi connectivity index (χ3n) is 9.41. The van der Waals surface area contributed by atoms with Crippen molar-refractivity contribution in [3.05, 3.63) is 83.1 Å². The van der Waals surface area contributed by atoms with E-state index in [1.807, 2.05) is 0 Å². The van der Waals surface area contributed by atoms with Crippen molar-refractivity contribution < 1.29 is 104 Å². The average molecular weight is 845 g/mol. The number of carbonyl (C=O) groups is 3. The van der Waals surface area contributed by atoms with E-state index in [1.54, 1.807) is 0 Å². The number of phenols is 4. The Morgan fingerprint density at radius 1 is 0.667 bits per heavy atom. The summed E-state index contributed by atoms with van der Waals surface area (Å²) >= 11 is 0. The minimum absolute atomic E-state index is 0.0104. The van der Waals surface area contributed by atoms with Gasteiger partial charge in [0, 0.05) is 23.8 Å². The first kappa shape index (κ1) is 43.4. The topological polar surface area (TPSA) is 338 Å². The van der Waals surface area contributed by atoms with Gasteiger partial charge >= 0.3 is 17.9 Å². The highest BCUT2D eigenvalue weighted by Gasteiger charge is 2.48. The number of carboxylic acid groups (broad SMARTS) is 1. The first-order valence-corrected chi connectivity index (χ1v) is 18.0. The van der Waals surface area contributed by atoms with Gasteiger partial charge in [0.25, 0.3) is 0 Å². The lowest BCUT2D eigenvalue weighted by atomic mass is 9.98. The molecule has 3 aromatic carbocycles. The summed E-state index contributed by atoms with van der Waals surface area (Å²) in [4.78, 5) is 35.2. The van der Waals surface area contributed by atoms with Crippen LogP contribution in [0.3, 0.4) is 0 Å². The Morgan fingerprint density at radius 3 is 1.90 bits per heavy atom. The Morgan fingerprint density at radius 2 is 1.28 bits per heavy atom. The molecule has 0 saturated carbocycles. The second-order valence-electron chi connectivity index (χ2n) is 13.7. The lowest BCUT2D eigenvalue weighted by molar-refractivity contribution is -0.294. The molecule has 3 aliphatic heterocycles. The van der Waals surface area contributed by atoms with Crippen LogP contribution in [-0.2, 0) is 38.1 Å². The van der Waals surface area contributed by atoms with Crippen LogP contribution in [0.5, 0.6) is 34.5 Å². The van der Waals surface area contributed by atoms with E-state index in [-0.39, 0.29) is 34.3 Å². The molecule has 11 atom stereocenters. The molecule has 2 saturated heterocycles. The summed E-state index contributed by atoms with van der Waals surface area (Å²) in [6, 6.07) is 11.6. The molecule has 2 fully saturated rings. The van der Waals surface area contributed by atoms with Crippen LogP contribution in [0, 0.1) is 0 Å². The summed E-state index contributed by atoms with van der Waals surface area (Å²) < 4.78 is 39.5. The van der Waals surface area contributed by atoms with Crippen LogP contribution in [0.15, 0.2) is 66.4 Å². The molecule has 11 N–H and O–H groups in total. The maximum atomic E-state index is 12.5. The number of carboxylic acids is 1. The number of fused-ring (bicyclic) bond motifs is 1. The number of ether oxygens (including phenoxy) is 7. The van der Waals surface area contributed by atoms with Crippen LogP contribution < -0.4 is 9.47 Å². The van der Waals surface area contributed by atoms with Gasteiger partial charge in [-0.3, -0.25) is 9.59 Å². The van der Waals surface area contributed by atoms with E-state index in [1.165, 1.54) is 60.7 Å². The highest BCUT2D eigenvalue weighted by atomic mass is 16.7. The van der Waals surface area contributed by atoms with Crippen molar-refractivity contribution in [1.82, 2.24) is 0 Å². The molecule has 60 heavy (non-hydrogen) atoms. The fourth-order valence-electron chi connectivity index (χ4n) is 6.24. The van der Waals surface area contributed by atoms with E-state index in [2.05, 4.69) is 0 Å². The zero-order valence-electron chi connectivity index (χ0n) is 30.9. The van der Waals surface area contributed by atoms with E-state index in [4.69, 9.17) is 38.3 Å². The Balaban J connectivity index is 1.25. The number of rotatable bonds is 13. The first-order chi connectivity index (χ1) is 28.5. The van der Waals surface area contributed by atoms with E-state index >= 15 is 0 Å². The first-order valence-electron chi connectivity index (χ1n) is 18.0. The zero-order valence-corrected chi connectivity index (χ0v) is 30.9. The van der Waals surface area contributed by atoms with Crippen molar-refractivity contribution >= 4 is 30.1 Å². The average Bonchev–Trinajstić information content (AvgIpc) is 3.20. The largest absolute Gasteiger partial charge is 0.508 e. The van der Waals surface area contributed by atoms with Gasteiger partial charge in [0.2, 0.25) is 12.6 Å². The number of hydrogen-bond acceptors (Lipinski definition) is 20. The lowest BCUT2D eigenvalue weighted by Gasteiger charge is -2.41. The maximum Gasteiger partial charge on any atom is 0.330 e. The van der Waals surface area contributed by atoms with Gasteiger partial charge < -0.3 is 89.3 Å². The second-order valence-corrected chi connectivity index (χ2v) is 13.7. The number of aliphatic hydroxyl groups excluding tert-OH is 6. The van der Waals surface area contributed by atoms with Crippen LogP contribution in [-0.4, -0.2) is 149 Å². The smallest absolute Gasteiger partial charge is 0.330 e. The molecule has 0 radical (unpaired) electrons. The number of hydrogen-bond donors (Lipinski definition) is 11. The van der Waals surface area contributed by atoms with Gasteiger partial charge in [0.15, 0.2) is 17.6 Å². The van der Waals surface area contributed by atoms with Gasteiger partial charge in [-0.25, -0.2) is 4.79 Å². The molecular formula is C39H40O21. The third-order valence-corrected chi connectivity index (χ3v) is 9.41. The lowest BCUT2D eigenvalue weighted by Crippen LogP contribution is -2.60. The molecule has 0 aromatic heterocycles. The Labute approximate surface area is 338 Å². The van der Waals surface area contributed by atoms with Gasteiger partial charge in [-0.1, -0.05) is 18.2 Å². The number of carbonyl (C=O) groups excluding carboxylic acids is 2. The third kappa shape index (κ3) is 9.98. The molecule has 3 aromatic rings. The Bertz CT molecular complexity index is 2100. The summed E-state index contributed by atoms with van der Waals surface area (Å²) in [6.07, 6.45) is -16.6. The summed E-state index contributed by atoms with van der Waals surface area (Å²) in [5, 5.41) is 113. The zero-order chi connectivity index (χ0) is 43.4. The molecule has 0 spiro atoms. The number of benzene rings is 3. The predicted molar refractivity (Wildman–Crippen MR) is 196 cm³/mol. The number of phenolic OH excluding ortho intramolecular Hbond substituents is 4. The van der Waals surface area contributed by atoms with Crippen LogP contribution in [0.2, 0.25) is 0 Å². The molecule has 0 aliphatic carbocycles. The molecule has 21 heteroatoms. The summed E-state index contributed by atoms with van der Waals surface area (Å²) in [5.41, 5.74) is 0.660. The fourth-order valence-corrected chi connectivity index (χ4v) is 6.24. The number of aromatic hydroxyl groups is 4. The fraction of sp³-hybridized carbons (Fsp3) is 0.359. The SMILES string of the molecule is O=C(O)CC(=O)OC[C@H]1O[C@@H](Oc2cc(O)cc3c2C=C(O[C@@H]2O[C@H](COC(=O)/C=C/c4ccc(O)c(O)c4)[C@@H](O)[C@@H](O)[C@@H]2O)C(c2ccc(O)cc2)O3)[C@H](O)[C@@H](O)[C@@H]1O. The molecule has 0 amide bonds. The van der Waals surface area contributed by atoms with Crippen molar-refractivity contribution in [1.29, 1.82) is 0 Å². The molecule has 3 heterocycles. The maximum absolute atomic E-state index is 12.5. The van der Waals surface area contributed by atoms with E-state index in [0.717, 1.165) is 12.1 Å². The summed E-state index contributed by atoms with van der Waals surface area (Å²) in [7, 11) is 0. The molecule has 322 valence electrons. The second kappa shape index (κ2) is 18.4. The van der Waals surface area contributed by atoms with Crippen molar-refractivity contribution in [3.63, 3.8) is 0 Å². The van der Waals surface area contributed by atoms with Crippen LogP contribution >= 0.6 is 0 Å². The highest BCUT2D eigenvalue weighted by Crippen LogP contribution is 2.46. The molecule has 1 unspecified atom stereocenters. The van der Waals surface area contributed by atoms with Gasteiger partial charge in [-0.05, 0) is 42.0 Å². The van der Waals surface area contributed by atoms with Crippen molar-refractivity contribution in [2.45, 2.75) is 73.9 Å². The quantitative estimate of drug-likeness (QED) is 0.0437. The van der Waals surface area contributed by atoms with Crippen LogP contribution in [0.25, 0.3) is 12.2 Å². The number of esters is 2. The molecule has 3 aliphatic rings. The van der Waals surface area contributed by atoms with Gasteiger partial charge in [0.1, 0.15) is 97.2 Å². The van der Waals surface area contributed by atoms with Crippen molar-refractivity contribution in [2.75, 3.05) is 13.2 Å². The highest BCUT2D eigenvalue weighted by molar-refractivity contribution is 5.90. The molecule has 0 bridgehead atoms. The van der Waals surface area contributed by atoms with Crippen LogP contribution in [0.1, 0.15) is 29.2 Å². The minimum Gasteiger partial charge on any atom is -0.508 e. The minimum atomic E-state index is -1.95. The van der Waals surface area contributed by atoms with Gasteiger partial charge in [-0.2, -0.15) is 0 Å². The normalized spacial score (nSPS) is 28.8. The predicted octanol–water partition coefficient (Wildman–Crippen LogP) is -0.731. The Hall–Kier alpha value is -6.17.